The Balaban J connectivity index is 2.35. The number of methoxy groups -OCH3 is 2. The summed E-state index contributed by atoms with van der Waals surface area (Å²) in [6.07, 6.45) is 0. The zero-order valence-electron chi connectivity index (χ0n) is 11.5. The Hall–Kier alpha value is -1.98. The first kappa shape index (κ1) is 14.0. The van der Waals surface area contributed by atoms with Crippen molar-refractivity contribution in [3.63, 3.8) is 0 Å². The first-order valence-electron chi connectivity index (χ1n) is 6.27. The quantitative estimate of drug-likeness (QED) is 0.729. The van der Waals surface area contributed by atoms with Gasteiger partial charge in [-0.15, -0.1) is 0 Å². The Morgan fingerprint density at radius 2 is 1.95 bits per heavy atom. The fourth-order valence-corrected chi connectivity index (χ4v) is 2.87. The third-order valence-electron chi connectivity index (χ3n) is 3.28. The molecule has 0 atom stereocenters. The Morgan fingerprint density at radius 3 is 2.67 bits per heavy atom. The standard InChI is InChI=1S/C15H13ClN2O2S/c1-19-9-6-7-12(13(8-9)20-2)18-14-10(16)4-3-5-11(14)17-15(18)21/h3-8H,1-2H3,(H,17,21). The van der Waals surface area contributed by atoms with Crippen LogP contribution >= 0.6 is 23.8 Å². The molecule has 3 aromatic rings. The van der Waals surface area contributed by atoms with Crippen molar-refractivity contribution in [3.8, 4) is 17.2 Å². The highest BCUT2D eigenvalue weighted by atomic mass is 35.5. The van der Waals surface area contributed by atoms with Crippen LogP contribution in [0.5, 0.6) is 11.5 Å². The summed E-state index contributed by atoms with van der Waals surface area (Å²) in [5.74, 6) is 1.37. The van der Waals surface area contributed by atoms with Gasteiger partial charge in [0.2, 0.25) is 0 Å². The fourth-order valence-electron chi connectivity index (χ4n) is 2.32. The van der Waals surface area contributed by atoms with Crippen molar-refractivity contribution in [3.05, 3.63) is 46.2 Å². The third-order valence-corrected chi connectivity index (χ3v) is 3.87. The SMILES string of the molecule is COc1ccc(-n2c(=S)[nH]c3cccc(Cl)c32)c(OC)c1. The van der Waals surface area contributed by atoms with Crippen molar-refractivity contribution in [1.29, 1.82) is 0 Å². The number of rotatable bonds is 3. The Kier molecular flexibility index (Phi) is 3.61. The normalized spacial score (nSPS) is 10.8. The van der Waals surface area contributed by atoms with Crippen LogP contribution in [0.3, 0.4) is 0 Å². The molecule has 0 spiro atoms. The number of hydrogen-bond donors (Lipinski definition) is 1. The van der Waals surface area contributed by atoms with Crippen LogP contribution in [-0.4, -0.2) is 23.8 Å². The molecule has 0 fully saturated rings. The molecule has 0 aliphatic carbocycles. The monoisotopic (exact) mass is 320 g/mol. The molecule has 4 nitrogen and oxygen atoms in total. The lowest BCUT2D eigenvalue weighted by atomic mass is 10.2. The predicted octanol–water partition coefficient (Wildman–Crippen LogP) is 4.36. The highest BCUT2D eigenvalue weighted by Gasteiger charge is 2.14. The summed E-state index contributed by atoms with van der Waals surface area (Å²) in [7, 11) is 3.22. The molecule has 1 N–H and O–H groups in total. The fraction of sp³-hybridized carbons (Fsp3) is 0.133. The van der Waals surface area contributed by atoms with Crippen molar-refractivity contribution in [2.24, 2.45) is 0 Å². The predicted molar refractivity (Wildman–Crippen MR) is 86.6 cm³/mol. The highest BCUT2D eigenvalue weighted by Crippen LogP contribution is 2.33. The van der Waals surface area contributed by atoms with E-state index in [1.54, 1.807) is 14.2 Å². The average Bonchev–Trinajstić information content (AvgIpc) is 2.84. The van der Waals surface area contributed by atoms with E-state index in [9.17, 15) is 0 Å². The second-order valence-corrected chi connectivity index (χ2v) is 5.23. The average molecular weight is 321 g/mol. The number of H-pyrrole nitrogens is 1. The van der Waals surface area contributed by atoms with Gasteiger partial charge in [0.15, 0.2) is 4.77 Å². The second kappa shape index (κ2) is 5.42. The van der Waals surface area contributed by atoms with E-state index in [4.69, 9.17) is 33.3 Å². The summed E-state index contributed by atoms with van der Waals surface area (Å²) in [5.41, 5.74) is 2.51. The van der Waals surface area contributed by atoms with Gasteiger partial charge in [0.1, 0.15) is 11.5 Å². The molecule has 0 unspecified atom stereocenters. The maximum Gasteiger partial charge on any atom is 0.182 e. The molecule has 6 heteroatoms. The maximum atomic E-state index is 6.33. The van der Waals surface area contributed by atoms with Crippen LogP contribution in [0.15, 0.2) is 36.4 Å². The van der Waals surface area contributed by atoms with Crippen molar-refractivity contribution in [1.82, 2.24) is 9.55 Å². The number of halogens is 1. The number of aromatic amines is 1. The van der Waals surface area contributed by atoms with Gasteiger partial charge in [-0.3, -0.25) is 4.57 Å². The number of ether oxygens (including phenoxy) is 2. The molecule has 0 aliphatic heterocycles. The molecular weight excluding hydrogens is 308 g/mol. The minimum Gasteiger partial charge on any atom is -0.497 e. The number of para-hydroxylation sites is 1. The van der Waals surface area contributed by atoms with Crippen LogP contribution in [0.25, 0.3) is 16.7 Å². The molecule has 108 valence electrons. The largest absolute Gasteiger partial charge is 0.497 e. The van der Waals surface area contributed by atoms with E-state index in [2.05, 4.69) is 4.98 Å². The molecule has 2 aromatic carbocycles. The smallest absolute Gasteiger partial charge is 0.182 e. The zero-order chi connectivity index (χ0) is 15.0. The van der Waals surface area contributed by atoms with Crippen LogP contribution < -0.4 is 9.47 Å². The number of benzene rings is 2. The maximum absolute atomic E-state index is 6.33. The van der Waals surface area contributed by atoms with Crippen molar-refractivity contribution < 1.29 is 9.47 Å². The molecule has 1 heterocycles. The van der Waals surface area contributed by atoms with Crippen LogP contribution in [0.1, 0.15) is 0 Å². The third kappa shape index (κ3) is 2.28. The van der Waals surface area contributed by atoms with E-state index >= 15 is 0 Å². The molecule has 0 radical (unpaired) electrons. The van der Waals surface area contributed by atoms with Gasteiger partial charge in [-0.2, -0.15) is 0 Å². The van der Waals surface area contributed by atoms with Gasteiger partial charge < -0.3 is 14.5 Å². The number of imidazole rings is 1. The van der Waals surface area contributed by atoms with Crippen molar-refractivity contribution in [2.45, 2.75) is 0 Å². The molecule has 21 heavy (non-hydrogen) atoms. The van der Waals surface area contributed by atoms with Gasteiger partial charge in [-0.25, -0.2) is 0 Å². The van der Waals surface area contributed by atoms with E-state index in [-0.39, 0.29) is 0 Å². The molecule has 0 amide bonds. The zero-order valence-corrected chi connectivity index (χ0v) is 13.1. The van der Waals surface area contributed by atoms with Gasteiger partial charge in [0.25, 0.3) is 0 Å². The Labute approximate surface area is 131 Å². The summed E-state index contributed by atoms with van der Waals surface area (Å²) >= 11 is 11.8. The first-order valence-corrected chi connectivity index (χ1v) is 7.06. The molecular formula is C15H13ClN2O2S. The van der Waals surface area contributed by atoms with Crippen LogP contribution in [0.2, 0.25) is 5.02 Å². The van der Waals surface area contributed by atoms with E-state index in [0.29, 0.717) is 21.3 Å². The number of fused-ring (bicyclic) bond motifs is 1. The van der Waals surface area contributed by atoms with Crippen LogP contribution in [-0.2, 0) is 0 Å². The van der Waals surface area contributed by atoms with Crippen LogP contribution in [0.4, 0.5) is 0 Å². The molecule has 0 bridgehead atoms. The second-order valence-electron chi connectivity index (χ2n) is 4.44. The topological polar surface area (TPSA) is 39.2 Å². The van der Waals surface area contributed by atoms with Crippen LogP contribution in [0, 0.1) is 4.77 Å². The lowest BCUT2D eigenvalue weighted by Crippen LogP contribution is -1.99. The van der Waals surface area contributed by atoms with E-state index in [0.717, 1.165) is 16.7 Å². The summed E-state index contributed by atoms with van der Waals surface area (Å²) in [6, 6.07) is 11.2. The summed E-state index contributed by atoms with van der Waals surface area (Å²) in [5, 5.41) is 0.623. The first-order chi connectivity index (χ1) is 10.2. The molecule has 0 saturated heterocycles. The minimum atomic E-state index is 0.557. The highest BCUT2D eigenvalue weighted by molar-refractivity contribution is 7.71. The summed E-state index contributed by atoms with van der Waals surface area (Å²) in [6.45, 7) is 0. The molecule has 1 aromatic heterocycles. The van der Waals surface area contributed by atoms with Gasteiger partial charge in [0, 0.05) is 6.07 Å². The lowest BCUT2D eigenvalue weighted by Gasteiger charge is -2.12. The van der Waals surface area contributed by atoms with Gasteiger partial charge in [-0.05, 0) is 36.5 Å². The van der Waals surface area contributed by atoms with E-state index in [1.807, 2.05) is 41.0 Å². The minimum absolute atomic E-state index is 0.557. The van der Waals surface area contributed by atoms with Gasteiger partial charge in [0.05, 0.1) is 36.0 Å². The molecule has 0 aliphatic rings. The summed E-state index contributed by atoms with van der Waals surface area (Å²) in [4.78, 5) is 3.15. The molecule has 3 rings (SSSR count). The Bertz CT molecular complexity index is 870. The summed E-state index contributed by atoms with van der Waals surface area (Å²) < 4.78 is 13.1. The van der Waals surface area contributed by atoms with Gasteiger partial charge in [-0.1, -0.05) is 17.7 Å². The van der Waals surface area contributed by atoms with E-state index < -0.39 is 0 Å². The van der Waals surface area contributed by atoms with Gasteiger partial charge >= 0.3 is 0 Å². The lowest BCUT2D eigenvalue weighted by molar-refractivity contribution is 0.393. The molecule has 0 saturated carbocycles. The number of hydrogen-bond acceptors (Lipinski definition) is 3. The van der Waals surface area contributed by atoms with Crippen molar-refractivity contribution >= 4 is 34.9 Å². The van der Waals surface area contributed by atoms with E-state index in [1.165, 1.54) is 0 Å². The van der Waals surface area contributed by atoms with Crippen molar-refractivity contribution in [2.75, 3.05) is 14.2 Å². The number of nitrogens with one attached hydrogen (secondary N) is 1. The Morgan fingerprint density at radius 1 is 1.14 bits per heavy atom. The number of aromatic nitrogens is 2. The number of nitrogens with zero attached hydrogens (tertiary/aromatic N) is 1.